The molecule has 22 heavy (non-hydrogen) atoms. The van der Waals surface area contributed by atoms with E-state index in [1.54, 1.807) is 31.3 Å². The van der Waals surface area contributed by atoms with Gasteiger partial charge < -0.3 is 14.6 Å². The Kier molecular flexibility index (Phi) is 5.18. The molecule has 5 nitrogen and oxygen atoms in total. The van der Waals surface area contributed by atoms with Crippen LogP contribution in [0, 0.1) is 6.92 Å². The van der Waals surface area contributed by atoms with E-state index in [2.05, 4.69) is 5.32 Å². The summed E-state index contributed by atoms with van der Waals surface area (Å²) in [5.41, 5.74) is 1.66. The Labute approximate surface area is 130 Å². The number of aliphatic hydroxyl groups excluding tert-OH is 1. The van der Waals surface area contributed by atoms with Crippen molar-refractivity contribution >= 4 is 10.1 Å². The van der Waals surface area contributed by atoms with Crippen molar-refractivity contribution in [1.29, 1.82) is 0 Å². The van der Waals surface area contributed by atoms with Gasteiger partial charge in [-0.2, -0.15) is 8.42 Å². The summed E-state index contributed by atoms with van der Waals surface area (Å²) >= 11 is 0. The molecule has 0 saturated carbocycles. The molecule has 0 bridgehead atoms. The molecule has 2 aromatic carbocycles. The quantitative estimate of drug-likeness (QED) is 0.796. The lowest BCUT2D eigenvalue weighted by molar-refractivity contribution is 0.178. The lowest BCUT2D eigenvalue weighted by Crippen LogP contribution is -2.16. The van der Waals surface area contributed by atoms with E-state index in [-0.39, 0.29) is 10.6 Å². The second-order valence-corrected chi connectivity index (χ2v) is 6.54. The molecule has 0 aromatic heterocycles. The van der Waals surface area contributed by atoms with Crippen molar-refractivity contribution < 1.29 is 17.7 Å². The van der Waals surface area contributed by atoms with Crippen LogP contribution in [-0.2, 0) is 10.1 Å². The van der Waals surface area contributed by atoms with Crippen LogP contribution in [-0.4, -0.2) is 27.1 Å². The second-order valence-electron chi connectivity index (χ2n) is 4.99. The normalized spacial score (nSPS) is 12.9. The van der Waals surface area contributed by atoms with Crippen molar-refractivity contribution in [3.05, 3.63) is 59.7 Å². The standard InChI is InChI=1S/C16H19NO4S/c1-12-3-9-15(10-4-12)22(19,20)21-14-7-5-13(6-8-14)16(18)11-17-2/h3-10,16-18H,11H2,1-2H3/t16-/m1/s1. The van der Waals surface area contributed by atoms with Crippen molar-refractivity contribution in [2.24, 2.45) is 0 Å². The third kappa shape index (κ3) is 4.07. The molecule has 0 amide bonds. The van der Waals surface area contributed by atoms with Gasteiger partial charge in [-0.05, 0) is 43.8 Å². The number of nitrogens with one attached hydrogen (secondary N) is 1. The zero-order valence-corrected chi connectivity index (χ0v) is 13.3. The molecule has 0 spiro atoms. The highest BCUT2D eigenvalue weighted by Gasteiger charge is 2.16. The predicted octanol–water partition coefficient (Wildman–Crippen LogP) is 2.02. The lowest BCUT2D eigenvalue weighted by atomic mass is 10.1. The average Bonchev–Trinajstić information content (AvgIpc) is 2.48. The van der Waals surface area contributed by atoms with Gasteiger partial charge in [-0.3, -0.25) is 0 Å². The summed E-state index contributed by atoms with van der Waals surface area (Å²) < 4.78 is 29.4. The molecule has 0 unspecified atom stereocenters. The second kappa shape index (κ2) is 6.91. The Morgan fingerprint density at radius 2 is 1.68 bits per heavy atom. The van der Waals surface area contributed by atoms with Gasteiger partial charge in [0.2, 0.25) is 0 Å². The molecule has 2 N–H and O–H groups in total. The van der Waals surface area contributed by atoms with E-state index in [0.29, 0.717) is 12.1 Å². The maximum absolute atomic E-state index is 12.2. The molecule has 6 heteroatoms. The van der Waals surface area contributed by atoms with Crippen LogP contribution in [0.1, 0.15) is 17.2 Å². The fraction of sp³-hybridized carbons (Fsp3) is 0.250. The van der Waals surface area contributed by atoms with Crippen LogP contribution in [0.5, 0.6) is 5.75 Å². The van der Waals surface area contributed by atoms with E-state index in [1.807, 2.05) is 6.92 Å². The number of aryl methyl sites for hydroxylation is 1. The highest BCUT2D eigenvalue weighted by atomic mass is 32.2. The zero-order valence-electron chi connectivity index (χ0n) is 12.5. The van der Waals surface area contributed by atoms with Gasteiger partial charge in [-0.25, -0.2) is 0 Å². The molecule has 0 aliphatic carbocycles. The molecule has 0 aliphatic rings. The summed E-state index contributed by atoms with van der Waals surface area (Å²) in [5, 5.41) is 12.7. The van der Waals surface area contributed by atoms with Crippen LogP contribution in [0.15, 0.2) is 53.4 Å². The molecule has 0 saturated heterocycles. The van der Waals surface area contributed by atoms with Crippen LogP contribution in [0.4, 0.5) is 0 Å². The van der Waals surface area contributed by atoms with Crippen LogP contribution in [0.2, 0.25) is 0 Å². The number of rotatable bonds is 6. The summed E-state index contributed by atoms with van der Waals surface area (Å²) in [6.45, 7) is 2.30. The van der Waals surface area contributed by atoms with E-state index in [4.69, 9.17) is 4.18 Å². The van der Waals surface area contributed by atoms with Gasteiger partial charge in [0.25, 0.3) is 0 Å². The molecule has 2 rings (SSSR count). The van der Waals surface area contributed by atoms with E-state index in [0.717, 1.165) is 5.56 Å². The molecular weight excluding hydrogens is 302 g/mol. The van der Waals surface area contributed by atoms with Gasteiger partial charge in [0.1, 0.15) is 10.6 Å². The maximum Gasteiger partial charge on any atom is 0.339 e. The minimum Gasteiger partial charge on any atom is -0.387 e. The first-order chi connectivity index (χ1) is 10.4. The molecule has 2 aromatic rings. The Hall–Kier alpha value is -1.89. The van der Waals surface area contributed by atoms with Crippen molar-refractivity contribution in [3.63, 3.8) is 0 Å². The third-order valence-electron chi connectivity index (χ3n) is 3.18. The number of hydrogen-bond acceptors (Lipinski definition) is 5. The van der Waals surface area contributed by atoms with Crippen LogP contribution in [0.3, 0.4) is 0 Å². The highest BCUT2D eigenvalue weighted by Crippen LogP contribution is 2.21. The van der Waals surface area contributed by atoms with Gasteiger partial charge in [0, 0.05) is 6.54 Å². The molecule has 118 valence electrons. The average molecular weight is 321 g/mol. The topological polar surface area (TPSA) is 75.6 Å². The molecule has 0 heterocycles. The first-order valence-corrected chi connectivity index (χ1v) is 8.27. The minimum atomic E-state index is -3.85. The van der Waals surface area contributed by atoms with Crippen molar-refractivity contribution in [2.75, 3.05) is 13.6 Å². The van der Waals surface area contributed by atoms with E-state index < -0.39 is 16.2 Å². The zero-order chi connectivity index (χ0) is 16.2. The SMILES string of the molecule is CNC[C@@H](O)c1ccc(OS(=O)(=O)c2ccc(C)cc2)cc1. The molecular formula is C16H19NO4S. The molecule has 0 fully saturated rings. The van der Waals surface area contributed by atoms with Gasteiger partial charge in [0.05, 0.1) is 6.10 Å². The molecule has 1 atom stereocenters. The monoisotopic (exact) mass is 321 g/mol. The van der Waals surface area contributed by atoms with Crippen LogP contribution in [0.25, 0.3) is 0 Å². The van der Waals surface area contributed by atoms with Gasteiger partial charge in [0.15, 0.2) is 0 Å². The van der Waals surface area contributed by atoms with Crippen LogP contribution >= 0.6 is 0 Å². The Bertz CT molecular complexity index is 709. The predicted molar refractivity (Wildman–Crippen MR) is 84.3 cm³/mol. The van der Waals surface area contributed by atoms with Crippen molar-refractivity contribution in [3.8, 4) is 5.75 Å². The highest BCUT2D eigenvalue weighted by molar-refractivity contribution is 7.87. The van der Waals surface area contributed by atoms with E-state index in [1.165, 1.54) is 24.3 Å². The Morgan fingerprint density at radius 1 is 1.09 bits per heavy atom. The minimum absolute atomic E-state index is 0.109. The van der Waals surface area contributed by atoms with Gasteiger partial charge in [-0.15, -0.1) is 0 Å². The Morgan fingerprint density at radius 3 is 2.23 bits per heavy atom. The first-order valence-electron chi connectivity index (χ1n) is 6.86. The maximum atomic E-state index is 12.2. The summed E-state index contributed by atoms with van der Waals surface area (Å²) in [7, 11) is -2.10. The largest absolute Gasteiger partial charge is 0.387 e. The number of aliphatic hydroxyl groups is 1. The van der Waals surface area contributed by atoms with E-state index >= 15 is 0 Å². The number of likely N-dealkylation sites (N-methyl/N-ethyl adjacent to an activating group) is 1. The number of hydrogen-bond donors (Lipinski definition) is 2. The van der Waals surface area contributed by atoms with E-state index in [9.17, 15) is 13.5 Å². The molecule has 0 aliphatic heterocycles. The fourth-order valence-electron chi connectivity index (χ4n) is 1.94. The summed E-state index contributed by atoms with van der Waals surface area (Å²) in [6.07, 6.45) is -0.646. The van der Waals surface area contributed by atoms with Crippen LogP contribution < -0.4 is 9.50 Å². The van der Waals surface area contributed by atoms with Crippen molar-refractivity contribution in [2.45, 2.75) is 17.9 Å². The Balaban J connectivity index is 2.14. The fourth-order valence-corrected chi connectivity index (χ4v) is 2.87. The smallest absolute Gasteiger partial charge is 0.339 e. The summed E-state index contributed by atoms with van der Waals surface area (Å²) in [5.74, 6) is 0.209. The number of benzene rings is 2. The third-order valence-corrected chi connectivity index (χ3v) is 4.44. The lowest BCUT2D eigenvalue weighted by Gasteiger charge is -2.11. The van der Waals surface area contributed by atoms with Crippen molar-refractivity contribution in [1.82, 2.24) is 5.32 Å². The summed E-state index contributed by atoms with van der Waals surface area (Å²) in [6, 6.07) is 12.8. The van der Waals surface area contributed by atoms with Gasteiger partial charge >= 0.3 is 10.1 Å². The van der Waals surface area contributed by atoms with Gasteiger partial charge in [-0.1, -0.05) is 29.8 Å². The first kappa shape index (κ1) is 16.5. The molecule has 0 radical (unpaired) electrons. The summed E-state index contributed by atoms with van der Waals surface area (Å²) in [4.78, 5) is 0.109.